The Morgan fingerprint density at radius 1 is 0.538 bits per heavy atom. The van der Waals surface area contributed by atoms with Crippen molar-refractivity contribution in [1.29, 1.82) is 0 Å². The lowest BCUT2D eigenvalue weighted by molar-refractivity contribution is 0.677. The summed E-state index contributed by atoms with van der Waals surface area (Å²) >= 11 is 1.83. The largest absolute Gasteiger partial charge is 0.455 e. The minimum atomic E-state index is 0.950. The van der Waals surface area contributed by atoms with Crippen LogP contribution in [0.15, 0.2) is 126 Å². The highest BCUT2D eigenvalue weighted by molar-refractivity contribution is 7.26. The van der Waals surface area contributed by atoms with Gasteiger partial charge in [-0.15, -0.1) is 11.3 Å². The predicted molar refractivity (Wildman–Crippen MR) is 164 cm³/mol. The lowest BCUT2D eigenvalue weighted by atomic mass is 10.1. The van der Waals surface area contributed by atoms with Gasteiger partial charge in [-0.3, -0.25) is 4.98 Å². The molecule has 0 unspecified atom stereocenters. The fourth-order valence-corrected chi connectivity index (χ4v) is 7.30. The first-order chi connectivity index (χ1) is 19.3. The number of thiophene rings is 1. The molecule has 4 heterocycles. The maximum Gasteiger partial charge on any atom is 0.145 e. The summed E-state index contributed by atoms with van der Waals surface area (Å²) in [7, 11) is 0. The van der Waals surface area contributed by atoms with Gasteiger partial charge in [-0.05, 0) is 71.8 Å². The molecule has 0 saturated carbocycles. The van der Waals surface area contributed by atoms with Gasteiger partial charge in [-0.25, -0.2) is 0 Å². The third kappa shape index (κ3) is 2.89. The van der Waals surface area contributed by atoms with Crippen LogP contribution in [0.2, 0.25) is 0 Å². The highest BCUT2D eigenvalue weighted by Crippen LogP contribution is 2.45. The lowest BCUT2D eigenvalue weighted by Gasteiger charge is -2.10. The number of hydrogen-bond acceptors (Lipinski definition) is 3. The van der Waals surface area contributed by atoms with Crippen LogP contribution in [0, 0.1) is 0 Å². The molecule has 0 aliphatic rings. The van der Waals surface area contributed by atoms with Gasteiger partial charge in [0.1, 0.15) is 11.2 Å². The summed E-state index contributed by atoms with van der Waals surface area (Å²) in [6.45, 7) is 0. The molecule has 39 heavy (non-hydrogen) atoms. The van der Waals surface area contributed by atoms with E-state index < -0.39 is 0 Å². The van der Waals surface area contributed by atoms with E-state index in [1.165, 1.54) is 36.5 Å². The first kappa shape index (κ1) is 21.1. The lowest BCUT2D eigenvalue weighted by Crippen LogP contribution is -1.94. The topological polar surface area (TPSA) is 31.0 Å². The Kier molecular flexibility index (Phi) is 4.21. The number of aromatic nitrogens is 2. The van der Waals surface area contributed by atoms with E-state index in [2.05, 4.69) is 119 Å². The molecular weight excluding hydrogens is 496 g/mol. The monoisotopic (exact) mass is 516 g/mol. The van der Waals surface area contributed by atoms with Gasteiger partial charge < -0.3 is 8.98 Å². The number of nitrogens with zero attached hydrogens (tertiary/aromatic N) is 2. The second-order valence-electron chi connectivity index (χ2n) is 9.99. The average molecular weight is 517 g/mol. The van der Waals surface area contributed by atoms with Crippen LogP contribution in [0.25, 0.3) is 80.7 Å². The highest BCUT2D eigenvalue weighted by atomic mass is 32.1. The third-order valence-corrected chi connectivity index (χ3v) is 9.03. The molecule has 9 rings (SSSR count). The predicted octanol–water partition coefficient (Wildman–Crippen LogP) is 10.1. The van der Waals surface area contributed by atoms with Crippen LogP contribution in [0.1, 0.15) is 0 Å². The van der Waals surface area contributed by atoms with Crippen molar-refractivity contribution in [3.63, 3.8) is 0 Å². The summed E-state index contributed by atoms with van der Waals surface area (Å²) in [4.78, 5) is 4.19. The van der Waals surface area contributed by atoms with Gasteiger partial charge in [0.15, 0.2) is 0 Å². The van der Waals surface area contributed by atoms with E-state index in [1.54, 1.807) is 0 Å². The van der Waals surface area contributed by atoms with Crippen LogP contribution < -0.4 is 0 Å². The van der Waals surface area contributed by atoms with Crippen molar-refractivity contribution >= 4 is 75.3 Å². The molecule has 0 N–H and O–H groups in total. The fraction of sp³-hybridized carbons (Fsp3) is 0. The molecule has 0 aliphatic carbocycles. The first-order valence-electron chi connectivity index (χ1n) is 13.0. The molecule has 0 bridgehead atoms. The number of furan rings is 1. The molecule has 3 nitrogen and oxygen atoms in total. The second-order valence-corrected chi connectivity index (χ2v) is 11.1. The van der Waals surface area contributed by atoms with Crippen LogP contribution in [0.3, 0.4) is 0 Å². The molecule has 9 aromatic rings. The molecule has 4 aromatic heterocycles. The zero-order valence-corrected chi connectivity index (χ0v) is 21.6. The SMILES string of the molecule is c1cc(-c2ccncc2)cc(-n2c3ccccc3c3c4oc5c(ccc6sc7ccccc7c65)c4ccc32)c1. The van der Waals surface area contributed by atoms with Gasteiger partial charge in [0.05, 0.1) is 16.4 Å². The van der Waals surface area contributed by atoms with Crippen LogP contribution in [-0.2, 0) is 0 Å². The van der Waals surface area contributed by atoms with Gasteiger partial charge >= 0.3 is 0 Å². The molecule has 4 heteroatoms. The Morgan fingerprint density at radius 2 is 1.31 bits per heavy atom. The van der Waals surface area contributed by atoms with Crippen molar-refractivity contribution in [2.24, 2.45) is 0 Å². The van der Waals surface area contributed by atoms with Gasteiger partial charge in [0.2, 0.25) is 0 Å². The minimum absolute atomic E-state index is 0.950. The number of pyridine rings is 1. The van der Waals surface area contributed by atoms with Gasteiger partial charge in [-0.2, -0.15) is 0 Å². The second kappa shape index (κ2) is 7.79. The third-order valence-electron chi connectivity index (χ3n) is 7.90. The zero-order chi connectivity index (χ0) is 25.5. The number of hydrogen-bond donors (Lipinski definition) is 0. The summed E-state index contributed by atoms with van der Waals surface area (Å²) in [6, 6.07) is 39.0. The Balaban J connectivity index is 1.40. The van der Waals surface area contributed by atoms with E-state index in [0.717, 1.165) is 44.3 Å². The Bertz CT molecular complexity index is 2390. The van der Waals surface area contributed by atoms with Crippen LogP contribution in [-0.4, -0.2) is 9.55 Å². The van der Waals surface area contributed by atoms with Crippen molar-refractivity contribution < 1.29 is 4.42 Å². The van der Waals surface area contributed by atoms with Crippen molar-refractivity contribution in [2.45, 2.75) is 0 Å². The van der Waals surface area contributed by atoms with E-state index in [-0.39, 0.29) is 0 Å². The molecular formula is C35H20N2OS. The normalized spacial score (nSPS) is 12.1. The molecule has 0 atom stereocenters. The van der Waals surface area contributed by atoms with Crippen LogP contribution in [0.5, 0.6) is 0 Å². The average Bonchev–Trinajstić information content (AvgIpc) is 3.66. The van der Waals surface area contributed by atoms with Crippen molar-refractivity contribution in [2.75, 3.05) is 0 Å². The molecule has 0 spiro atoms. The maximum absolute atomic E-state index is 6.88. The summed E-state index contributed by atoms with van der Waals surface area (Å²) in [5, 5.41) is 7.14. The van der Waals surface area contributed by atoms with E-state index in [9.17, 15) is 0 Å². The van der Waals surface area contributed by atoms with Crippen molar-refractivity contribution in [3.8, 4) is 16.8 Å². The van der Waals surface area contributed by atoms with Crippen molar-refractivity contribution in [3.05, 3.63) is 122 Å². The van der Waals surface area contributed by atoms with E-state index in [4.69, 9.17) is 4.42 Å². The quantitative estimate of drug-likeness (QED) is 0.229. The minimum Gasteiger partial charge on any atom is -0.455 e. The van der Waals surface area contributed by atoms with E-state index in [1.807, 2.05) is 23.7 Å². The number of fused-ring (bicyclic) bond motifs is 11. The number of rotatable bonds is 2. The van der Waals surface area contributed by atoms with Crippen molar-refractivity contribution in [1.82, 2.24) is 9.55 Å². The summed E-state index contributed by atoms with van der Waals surface area (Å²) in [6.07, 6.45) is 3.68. The number of para-hydroxylation sites is 1. The first-order valence-corrected chi connectivity index (χ1v) is 13.9. The van der Waals surface area contributed by atoms with E-state index in [0.29, 0.717) is 0 Å². The highest BCUT2D eigenvalue weighted by Gasteiger charge is 2.20. The van der Waals surface area contributed by atoms with Crippen LogP contribution in [0.4, 0.5) is 0 Å². The standard InChI is InChI=1S/C35H20N2OS/c1-3-10-28-26(8-1)32-29(37(28)23-7-5-6-22(20-23)21-16-18-36-19-17-21)14-12-24-25-13-15-31-33(35(25)38-34(24)32)27-9-2-4-11-30(27)39-31/h1-20H. The Morgan fingerprint density at radius 3 is 2.21 bits per heavy atom. The summed E-state index contributed by atoms with van der Waals surface area (Å²) in [5.74, 6) is 0. The van der Waals surface area contributed by atoms with Crippen LogP contribution >= 0.6 is 11.3 Å². The summed E-state index contributed by atoms with van der Waals surface area (Å²) in [5.41, 5.74) is 7.67. The molecule has 0 fully saturated rings. The summed E-state index contributed by atoms with van der Waals surface area (Å²) < 4.78 is 11.8. The van der Waals surface area contributed by atoms with E-state index >= 15 is 0 Å². The van der Waals surface area contributed by atoms with Gasteiger partial charge in [-0.1, -0.05) is 48.5 Å². The Hall–Kier alpha value is -4.93. The molecule has 0 amide bonds. The zero-order valence-electron chi connectivity index (χ0n) is 20.8. The fourth-order valence-electron chi connectivity index (χ4n) is 6.20. The molecule has 182 valence electrons. The smallest absolute Gasteiger partial charge is 0.145 e. The molecule has 0 radical (unpaired) electrons. The van der Waals surface area contributed by atoms with Gasteiger partial charge in [0, 0.05) is 54.4 Å². The molecule has 0 saturated heterocycles. The van der Waals surface area contributed by atoms with Gasteiger partial charge in [0.25, 0.3) is 0 Å². The molecule has 0 aliphatic heterocycles. The maximum atomic E-state index is 6.88. The molecule has 5 aromatic carbocycles. The number of benzene rings is 5. The Labute approximate surface area is 227 Å².